The van der Waals surface area contributed by atoms with Crippen LogP contribution >= 0.6 is 0 Å². The summed E-state index contributed by atoms with van der Waals surface area (Å²) in [7, 11) is 1.52. The van der Waals surface area contributed by atoms with Crippen LogP contribution < -0.4 is 9.47 Å². The minimum absolute atomic E-state index is 0.221. The highest BCUT2D eigenvalue weighted by Gasteiger charge is 2.11. The van der Waals surface area contributed by atoms with Crippen LogP contribution in [0.4, 0.5) is 0 Å². The third-order valence-corrected chi connectivity index (χ3v) is 2.66. The molecule has 0 atom stereocenters. The van der Waals surface area contributed by atoms with E-state index in [4.69, 9.17) is 14.6 Å². The van der Waals surface area contributed by atoms with Crippen LogP contribution in [0.2, 0.25) is 0 Å². The number of carboxylic acid groups (broad SMARTS) is 1. The maximum atomic E-state index is 11.0. The Balaban J connectivity index is 2.33. The van der Waals surface area contributed by atoms with Crippen LogP contribution in [0, 0.1) is 6.92 Å². The van der Waals surface area contributed by atoms with E-state index in [1.807, 2.05) is 0 Å². The van der Waals surface area contributed by atoms with Crippen molar-refractivity contribution >= 4 is 5.97 Å². The predicted molar refractivity (Wildman–Crippen MR) is 69.0 cm³/mol. The molecule has 2 rings (SSSR count). The van der Waals surface area contributed by atoms with Gasteiger partial charge in [0.05, 0.1) is 12.7 Å². The molecule has 0 spiro atoms. The molecule has 2 aromatic rings. The Morgan fingerprint density at radius 3 is 2.79 bits per heavy atom. The first-order chi connectivity index (χ1) is 9.11. The van der Waals surface area contributed by atoms with Crippen molar-refractivity contribution in [1.29, 1.82) is 0 Å². The van der Waals surface area contributed by atoms with Gasteiger partial charge in [0.2, 0.25) is 5.88 Å². The molecule has 0 radical (unpaired) electrons. The van der Waals surface area contributed by atoms with Crippen LogP contribution in [0.25, 0.3) is 0 Å². The monoisotopic (exact) mass is 259 g/mol. The van der Waals surface area contributed by atoms with Crippen LogP contribution in [-0.2, 0) is 0 Å². The molecule has 0 aliphatic carbocycles. The lowest BCUT2D eigenvalue weighted by atomic mass is 10.1. The summed E-state index contributed by atoms with van der Waals surface area (Å²) >= 11 is 0. The number of nitrogens with zero attached hydrogens (tertiary/aromatic N) is 1. The van der Waals surface area contributed by atoms with Crippen molar-refractivity contribution in [2.45, 2.75) is 6.92 Å². The average molecular weight is 259 g/mol. The number of aromatic nitrogens is 1. The maximum Gasteiger partial charge on any atom is 0.336 e. The number of aromatic carboxylic acids is 1. The Hall–Kier alpha value is -2.56. The Morgan fingerprint density at radius 1 is 1.32 bits per heavy atom. The lowest BCUT2D eigenvalue weighted by molar-refractivity contribution is 0.0695. The number of benzene rings is 1. The number of hydrogen-bond acceptors (Lipinski definition) is 4. The van der Waals surface area contributed by atoms with Crippen molar-refractivity contribution in [2.75, 3.05) is 7.11 Å². The minimum atomic E-state index is -0.977. The smallest absolute Gasteiger partial charge is 0.336 e. The second kappa shape index (κ2) is 5.39. The standard InChI is InChI=1S/C14H13NO4/c1-9-11(14(16)17)4-3-5-12(9)19-10-6-7-15-13(8-10)18-2/h3-8H,1-2H3,(H,16,17). The van der Waals surface area contributed by atoms with Crippen LogP contribution in [0.1, 0.15) is 15.9 Å². The molecule has 0 aliphatic rings. The van der Waals surface area contributed by atoms with Crippen LogP contribution in [0.5, 0.6) is 17.4 Å². The van der Waals surface area contributed by atoms with Crippen molar-refractivity contribution < 1.29 is 19.4 Å². The highest BCUT2D eigenvalue weighted by atomic mass is 16.5. The predicted octanol–water partition coefficient (Wildman–Crippen LogP) is 2.89. The number of pyridine rings is 1. The van der Waals surface area contributed by atoms with E-state index in [0.717, 1.165) is 0 Å². The zero-order valence-corrected chi connectivity index (χ0v) is 10.6. The van der Waals surface area contributed by atoms with Gasteiger partial charge in [0.25, 0.3) is 0 Å². The van der Waals surface area contributed by atoms with Crippen LogP contribution in [0.3, 0.4) is 0 Å². The van der Waals surface area contributed by atoms with E-state index in [9.17, 15) is 4.79 Å². The Morgan fingerprint density at radius 2 is 2.11 bits per heavy atom. The average Bonchev–Trinajstić information content (AvgIpc) is 2.41. The van der Waals surface area contributed by atoms with Gasteiger partial charge in [-0.3, -0.25) is 0 Å². The van der Waals surface area contributed by atoms with Gasteiger partial charge in [0.15, 0.2) is 0 Å². The van der Waals surface area contributed by atoms with Crippen molar-refractivity contribution in [3.05, 3.63) is 47.7 Å². The summed E-state index contributed by atoms with van der Waals surface area (Å²) in [6.07, 6.45) is 1.56. The minimum Gasteiger partial charge on any atom is -0.481 e. The van der Waals surface area contributed by atoms with Crippen molar-refractivity contribution in [2.24, 2.45) is 0 Å². The molecule has 0 aliphatic heterocycles. The van der Waals surface area contributed by atoms with Crippen molar-refractivity contribution in [1.82, 2.24) is 4.98 Å². The maximum absolute atomic E-state index is 11.0. The number of rotatable bonds is 4. The molecule has 19 heavy (non-hydrogen) atoms. The van der Waals surface area contributed by atoms with Gasteiger partial charge < -0.3 is 14.6 Å². The molecule has 1 N–H and O–H groups in total. The fourth-order valence-corrected chi connectivity index (χ4v) is 1.65. The second-order valence-electron chi connectivity index (χ2n) is 3.87. The summed E-state index contributed by atoms with van der Waals surface area (Å²) in [4.78, 5) is 15.0. The number of hydrogen-bond donors (Lipinski definition) is 1. The summed E-state index contributed by atoms with van der Waals surface area (Å²) in [6.45, 7) is 1.71. The molecule has 0 fully saturated rings. The van der Waals surface area contributed by atoms with E-state index in [-0.39, 0.29) is 5.56 Å². The molecule has 5 heteroatoms. The topological polar surface area (TPSA) is 68.7 Å². The van der Waals surface area contributed by atoms with E-state index in [1.165, 1.54) is 13.2 Å². The van der Waals surface area contributed by atoms with Gasteiger partial charge in [0, 0.05) is 17.8 Å². The summed E-state index contributed by atoms with van der Waals surface area (Å²) < 4.78 is 10.7. The van der Waals surface area contributed by atoms with E-state index < -0.39 is 5.97 Å². The quantitative estimate of drug-likeness (QED) is 0.914. The lowest BCUT2D eigenvalue weighted by Gasteiger charge is -2.10. The van der Waals surface area contributed by atoms with E-state index in [2.05, 4.69) is 4.98 Å². The normalized spacial score (nSPS) is 10.0. The number of carboxylic acids is 1. The van der Waals surface area contributed by atoms with E-state index in [0.29, 0.717) is 22.9 Å². The highest BCUT2D eigenvalue weighted by Crippen LogP contribution is 2.28. The first-order valence-electron chi connectivity index (χ1n) is 5.62. The molecule has 1 aromatic carbocycles. The van der Waals surface area contributed by atoms with Crippen molar-refractivity contribution in [3.8, 4) is 17.4 Å². The zero-order valence-electron chi connectivity index (χ0n) is 10.6. The molecule has 0 saturated carbocycles. The molecule has 0 amide bonds. The lowest BCUT2D eigenvalue weighted by Crippen LogP contribution is -2.01. The fourth-order valence-electron chi connectivity index (χ4n) is 1.65. The Labute approximate surface area is 110 Å². The van der Waals surface area contributed by atoms with Crippen LogP contribution in [-0.4, -0.2) is 23.2 Å². The first-order valence-corrected chi connectivity index (χ1v) is 5.62. The number of ether oxygens (including phenoxy) is 2. The third-order valence-electron chi connectivity index (χ3n) is 2.66. The highest BCUT2D eigenvalue weighted by molar-refractivity contribution is 5.90. The van der Waals surface area contributed by atoms with Gasteiger partial charge in [-0.2, -0.15) is 0 Å². The molecule has 1 heterocycles. The Bertz CT molecular complexity index is 610. The summed E-state index contributed by atoms with van der Waals surface area (Å²) in [5, 5.41) is 9.05. The van der Waals surface area contributed by atoms with Gasteiger partial charge in [0.1, 0.15) is 11.5 Å². The number of carbonyl (C=O) groups is 1. The summed E-state index contributed by atoms with van der Waals surface area (Å²) in [5.74, 6) is 0.491. The molecule has 5 nitrogen and oxygen atoms in total. The van der Waals surface area contributed by atoms with Gasteiger partial charge in [-0.15, -0.1) is 0 Å². The van der Waals surface area contributed by atoms with Gasteiger partial charge in [-0.1, -0.05) is 6.07 Å². The zero-order chi connectivity index (χ0) is 13.8. The third kappa shape index (κ3) is 2.82. The summed E-state index contributed by atoms with van der Waals surface area (Å²) in [6, 6.07) is 8.21. The number of methoxy groups -OCH3 is 1. The Kier molecular flexibility index (Phi) is 3.66. The SMILES string of the molecule is COc1cc(Oc2cccc(C(=O)O)c2C)ccn1. The first kappa shape index (κ1) is 12.9. The van der Waals surface area contributed by atoms with E-state index >= 15 is 0 Å². The van der Waals surface area contributed by atoms with Gasteiger partial charge in [-0.25, -0.2) is 9.78 Å². The molecular weight excluding hydrogens is 246 g/mol. The van der Waals surface area contributed by atoms with E-state index in [1.54, 1.807) is 37.4 Å². The van der Waals surface area contributed by atoms with Crippen molar-refractivity contribution in [3.63, 3.8) is 0 Å². The van der Waals surface area contributed by atoms with Crippen LogP contribution in [0.15, 0.2) is 36.5 Å². The fraction of sp³-hybridized carbons (Fsp3) is 0.143. The molecule has 1 aromatic heterocycles. The molecule has 0 unspecified atom stereocenters. The molecule has 0 bridgehead atoms. The molecule has 98 valence electrons. The largest absolute Gasteiger partial charge is 0.481 e. The molecule has 0 saturated heterocycles. The second-order valence-corrected chi connectivity index (χ2v) is 3.87. The van der Waals surface area contributed by atoms with Gasteiger partial charge >= 0.3 is 5.97 Å². The molecular formula is C14H13NO4. The summed E-state index contributed by atoms with van der Waals surface area (Å²) in [5.41, 5.74) is 0.796. The van der Waals surface area contributed by atoms with Gasteiger partial charge in [-0.05, 0) is 25.1 Å².